The molecule has 0 saturated carbocycles. The monoisotopic (exact) mass is 292 g/mol. The molecule has 22 heavy (non-hydrogen) atoms. The molecule has 3 rings (SSSR count). The van der Waals surface area contributed by atoms with Crippen LogP contribution in [0.25, 0.3) is 5.57 Å². The topological polar surface area (TPSA) is 71.4 Å². The van der Waals surface area contributed by atoms with Crippen LogP contribution in [-0.4, -0.2) is 22.6 Å². The molecule has 0 radical (unpaired) electrons. The highest BCUT2D eigenvalue weighted by atomic mass is 16.4. The van der Waals surface area contributed by atoms with Crippen molar-refractivity contribution in [3.8, 4) is 0 Å². The number of carbonyl (C=O) groups is 3. The minimum Gasteiger partial charge on any atom is -0.478 e. The Morgan fingerprint density at radius 3 is 2.05 bits per heavy atom. The third-order valence-corrected chi connectivity index (χ3v) is 3.66. The van der Waals surface area contributed by atoms with Gasteiger partial charge in [-0.1, -0.05) is 54.6 Å². The maximum absolute atomic E-state index is 12.3. The van der Waals surface area contributed by atoms with Gasteiger partial charge in [0, 0.05) is 23.1 Å². The summed E-state index contributed by atoms with van der Waals surface area (Å²) in [6.07, 6.45) is 0.126. The van der Waals surface area contributed by atoms with E-state index in [2.05, 4.69) is 0 Å². The second-order valence-corrected chi connectivity index (χ2v) is 5.02. The molecular formula is C18H12O4. The van der Waals surface area contributed by atoms with Crippen molar-refractivity contribution in [1.82, 2.24) is 0 Å². The molecule has 0 amide bonds. The first-order valence-electron chi connectivity index (χ1n) is 6.78. The van der Waals surface area contributed by atoms with Gasteiger partial charge in [0.1, 0.15) is 0 Å². The predicted molar refractivity (Wildman–Crippen MR) is 80.5 cm³/mol. The molecule has 1 N–H and O–H groups in total. The van der Waals surface area contributed by atoms with Crippen LogP contribution in [0.1, 0.15) is 21.5 Å². The highest BCUT2D eigenvalue weighted by Gasteiger charge is 2.35. The molecule has 2 aromatic carbocycles. The summed E-state index contributed by atoms with van der Waals surface area (Å²) < 4.78 is 0. The largest absolute Gasteiger partial charge is 0.478 e. The first-order chi connectivity index (χ1) is 10.6. The van der Waals surface area contributed by atoms with E-state index in [1.54, 1.807) is 42.5 Å². The van der Waals surface area contributed by atoms with Crippen molar-refractivity contribution >= 4 is 23.1 Å². The lowest BCUT2D eigenvalue weighted by Gasteiger charge is -2.19. The van der Waals surface area contributed by atoms with Gasteiger partial charge in [-0.2, -0.15) is 0 Å². The third kappa shape index (κ3) is 2.24. The van der Waals surface area contributed by atoms with Crippen molar-refractivity contribution in [2.75, 3.05) is 0 Å². The van der Waals surface area contributed by atoms with E-state index < -0.39 is 17.5 Å². The van der Waals surface area contributed by atoms with Gasteiger partial charge in [-0.3, -0.25) is 9.59 Å². The smallest absolute Gasteiger partial charge is 0.336 e. The molecule has 0 aliphatic heterocycles. The molecule has 1 aliphatic carbocycles. The maximum atomic E-state index is 12.3. The summed E-state index contributed by atoms with van der Waals surface area (Å²) in [6.45, 7) is 0. The molecule has 0 spiro atoms. The van der Waals surface area contributed by atoms with Crippen molar-refractivity contribution in [1.29, 1.82) is 0 Å². The molecule has 108 valence electrons. The molecule has 0 aromatic heterocycles. The molecule has 0 fully saturated rings. The predicted octanol–water partition coefficient (Wildman–Crippen LogP) is 2.53. The maximum Gasteiger partial charge on any atom is 0.336 e. The molecule has 1 aliphatic rings. The number of hydrogen-bond donors (Lipinski definition) is 1. The Bertz CT molecular complexity index is 816. The fourth-order valence-corrected chi connectivity index (χ4v) is 2.65. The normalized spacial score (nSPS) is 14.0. The average Bonchev–Trinajstić information content (AvgIpc) is 2.53. The second-order valence-electron chi connectivity index (χ2n) is 5.02. The average molecular weight is 292 g/mol. The Morgan fingerprint density at radius 1 is 0.818 bits per heavy atom. The molecule has 4 nitrogen and oxygen atoms in total. The van der Waals surface area contributed by atoms with Crippen LogP contribution >= 0.6 is 0 Å². The van der Waals surface area contributed by atoms with Gasteiger partial charge in [-0.05, 0) is 5.56 Å². The molecular weight excluding hydrogens is 280 g/mol. The van der Waals surface area contributed by atoms with Crippen LogP contribution < -0.4 is 0 Å². The van der Waals surface area contributed by atoms with Gasteiger partial charge in [0.25, 0.3) is 0 Å². The zero-order chi connectivity index (χ0) is 15.7. The summed E-state index contributed by atoms with van der Waals surface area (Å²) in [4.78, 5) is 36.2. The van der Waals surface area contributed by atoms with Crippen molar-refractivity contribution in [3.63, 3.8) is 0 Å². The van der Waals surface area contributed by atoms with E-state index in [0.717, 1.165) is 5.56 Å². The van der Waals surface area contributed by atoms with Gasteiger partial charge in [-0.15, -0.1) is 0 Å². The lowest BCUT2D eigenvalue weighted by Crippen LogP contribution is -2.27. The van der Waals surface area contributed by atoms with Crippen LogP contribution in [-0.2, 0) is 16.0 Å². The fourth-order valence-electron chi connectivity index (χ4n) is 2.65. The van der Waals surface area contributed by atoms with Gasteiger partial charge in [0.2, 0.25) is 11.6 Å². The summed E-state index contributed by atoms with van der Waals surface area (Å²) >= 11 is 0. The number of hydrogen-bond acceptors (Lipinski definition) is 3. The number of fused-ring (bicyclic) bond motifs is 1. The standard InChI is InChI=1S/C18H12O4/c19-16-13-9-5-4-8-12(13)15(18(21)22)14(17(16)20)10-11-6-2-1-3-7-11/h1-9H,10H2,(H,21,22). The first kappa shape index (κ1) is 13.9. The van der Waals surface area contributed by atoms with E-state index >= 15 is 0 Å². The summed E-state index contributed by atoms with van der Waals surface area (Å²) in [5.41, 5.74) is 1.22. The number of allylic oxidation sites excluding steroid dienone is 1. The quantitative estimate of drug-likeness (QED) is 0.882. The van der Waals surface area contributed by atoms with Gasteiger partial charge in [0.15, 0.2) is 0 Å². The summed E-state index contributed by atoms with van der Waals surface area (Å²) in [6, 6.07) is 15.4. The number of aliphatic carboxylic acids is 1. The van der Waals surface area contributed by atoms with Gasteiger partial charge < -0.3 is 5.11 Å². The SMILES string of the molecule is O=C(O)C1=C(Cc2ccccc2)C(=O)C(=O)c2ccccc21. The molecule has 0 bridgehead atoms. The number of benzene rings is 2. The highest BCUT2D eigenvalue weighted by molar-refractivity contribution is 6.54. The van der Waals surface area contributed by atoms with Crippen LogP contribution in [0.2, 0.25) is 0 Å². The second kappa shape index (κ2) is 5.41. The van der Waals surface area contributed by atoms with E-state index in [9.17, 15) is 19.5 Å². The van der Waals surface area contributed by atoms with Crippen LogP contribution in [0.5, 0.6) is 0 Å². The molecule has 0 heterocycles. The molecule has 2 aromatic rings. The Balaban J connectivity index is 2.21. The summed E-state index contributed by atoms with van der Waals surface area (Å²) in [5, 5.41) is 9.52. The molecule has 0 unspecified atom stereocenters. The number of carboxylic acids is 1. The lowest BCUT2D eigenvalue weighted by molar-refractivity contribution is -0.130. The minimum atomic E-state index is -1.20. The summed E-state index contributed by atoms with van der Waals surface area (Å²) in [7, 11) is 0. The first-order valence-corrected chi connectivity index (χ1v) is 6.78. The van der Waals surface area contributed by atoms with Crippen molar-refractivity contribution in [2.24, 2.45) is 0 Å². The number of carboxylic acid groups (broad SMARTS) is 1. The van der Waals surface area contributed by atoms with Crippen LogP contribution in [0.15, 0.2) is 60.2 Å². The van der Waals surface area contributed by atoms with Crippen LogP contribution in [0.3, 0.4) is 0 Å². The molecule has 4 heteroatoms. The number of Topliss-reactive ketones (excluding diaryl/α,β-unsaturated/α-hetero) is 2. The van der Waals surface area contributed by atoms with Crippen molar-refractivity contribution in [2.45, 2.75) is 6.42 Å². The van der Waals surface area contributed by atoms with Gasteiger partial charge >= 0.3 is 5.97 Å². The number of ketones is 2. The Kier molecular flexibility index (Phi) is 3.43. The zero-order valence-corrected chi connectivity index (χ0v) is 11.6. The van der Waals surface area contributed by atoms with E-state index in [1.807, 2.05) is 6.07 Å². The third-order valence-electron chi connectivity index (χ3n) is 3.66. The Labute approximate surface area is 126 Å². The van der Waals surface area contributed by atoms with Gasteiger partial charge in [-0.25, -0.2) is 4.79 Å². The van der Waals surface area contributed by atoms with E-state index in [4.69, 9.17) is 0 Å². The Hall–Kier alpha value is -3.01. The number of carbonyl (C=O) groups excluding carboxylic acids is 2. The van der Waals surface area contributed by atoms with Crippen LogP contribution in [0.4, 0.5) is 0 Å². The van der Waals surface area contributed by atoms with Crippen molar-refractivity contribution in [3.05, 3.63) is 76.9 Å². The van der Waals surface area contributed by atoms with Gasteiger partial charge in [0.05, 0.1) is 5.57 Å². The molecule has 0 saturated heterocycles. The molecule has 0 atom stereocenters. The lowest BCUT2D eigenvalue weighted by atomic mass is 9.81. The zero-order valence-electron chi connectivity index (χ0n) is 11.6. The minimum absolute atomic E-state index is 0.0439. The van der Waals surface area contributed by atoms with Crippen molar-refractivity contribution < 1.29 is 19.5 Å². The highest BCUT2D eigenvalue weighted by Crippen LogP contribution is 2.31. The van der Waals surface area contributed by atoms with Crippen LogP contribution in [0, 0.1) is 0 Å². The van der Waals surface area contributed by atoms with E-state index in [1.165, 1.54) is 6.07 Å². The number of rotatable bonds is 3. The Morgan fingerprint density at radius 2 is 1.41 bits per heavy atom. The summed E-state index contributed by atoms with van der Waals surface area (Å²) in [5.74, 6) is -2.58. The van der Waals surface area contributed by atoms with E-state index in [-0.39, 0.29) is 23.1 Å². The fraction of sp³-hybridized carbons (Fsp3) is 0.0556. The van der Waals surface area contributed by atoms with E-state index in [0.29, 0.717) is 5.56 Å².